The van der Waals surface area contributed by atoms with Crippen LogP contribution in [0.2, 0.25) is 0 Å². The molecule has 4 heteroatoms. The summed E-state index contributed by atoms with van der Waals surface area (Å²) in [7, 11) is 1.60. The topological polar surface area (TPSA) is 51.0 Å². The first-order chi connectivity index (χ1) is 8.85. The lowest BCUT2D eigenvalue weighted by Crippen LogP contribution is -2.05. The Balaban J connectivity index is 2.29. The fourth-order valence-corrected chi connectivity index (χ4v) is 2.08. The lowest BCUT2D eigenvalue weighted by molar-refractivity contribution is 0.0509. The molecule has 0 aliphatic heterocycles. The maximum Gasteiger partial charge on any atom is 0.188 e. The zero-order chi connectivity index (χ0) is 12.8. The van der Waals surface area contributed by atoms with Gasteiger partial charge in [0.2, 0.25) is 0 Å². The highest BCUT2D eigenvalue weighted by atomic mass is 16.7. The van der Waals surface area contributed by atoms with Gasteiger partial charge in [-0.25, -0.2) is 0 Å². The Morgan fingerprint density at radius 2 is 2.11 bits per heavy atom. The van der Waals surface area contributed by atoms with Gasteiger partial charge in [0.05, 0.1) is 5.71 Å². The van der Waals surface area contributed by atoms with Gasteiger partial charge in [-0.1, -0.05) is 23.4 Å². The van der Waals surface area contributed by atoms with Crippen LogP contribution >= 0.6 is 0 Å². The van der Waals surface area contributed by atoms with E-state index < -0.39 is 0 Å². The van der Waals surface area contributed by atoms with Crippen molar-refractivity contribution in [3.63, 3.8) is 0 Å². The van der Waals surface area contributed by atoms with Gasteiger partial charge in [0.15, 0.2) is 6.79 Å². The maximum absolute atomic E-state index is 8.86. The van der Waals surface area contributed by atoms with Crippen LogP contribution in [0.15, 0.2) is 35.5 Å². The van der Waals surface area contributed by atoms with Crippen molar-refractivity contribution in [1.82, 2.24) is 0 Å². The minimum Gasteiger partial charge on any atom is -0.467 e. The van der Waals surface area contributed by atoms with E-state index in [-0.39, 0.29) is 6.79 Å². The summed E-state index contributed by atoms with van der Waals surface area (Å²) in [6.07, 6.45) is 4.70. The molecule has 0 saturated heterocycles. The van der Waals surface area contributed by atoms with E-state index in [2.05, 4.69) is 5.16 Å². The van der Waals surface area contributed by atoms with E-state index in [4.69, 9.17) is 14.7 Å². The van der Waals surface area contributed by atoms with E-state index >= 15 is 0 Å². The van der Waals surface area contributed by atoms with E-state index in [0.717, 1.165) is 41.9 Å². The van der Waals surface area contributed by atoms with Crippen LogP contribution in [0.25, 0.3) is 5.57 Å². The number of hydrogen-bond donors (Lipinski definition) is 1. The second-order valence-electron chi connectivity index (χ2n) is 4.16. The van der Waals surface area contributed by atoms with Crippen LogP contribution in [0, 0.1) is 0 Å². The molecule has 1 aromatic carbocycles. The molecule has 0 radical (unpaired) electrons. The Hall–Kier alpha value is -1.81. The first-order valence-corrected chi connectivity index (χ1v) is 5.98. The molecule has 0 fully saturated rings. The maximum atomic E-state index is 8.86. The summed E-state index contributed by atoms with van der Waals surface area (Å²) in [6.45, 7) is 0.227. The summed E-state index contributed by atoms with van der Waals surface area (Å²) in [5, 5.41) is 12.1. The second kappa shape index (κ2) is 6.21. The normalized spacial score (nSPS) is 17.6. The summed E-state index contributed by atoms with van der Waals surface area (Å²) < 4.78 is 10.5. The second-order valence-corrected chi connectivity index (χ2v) is 4.16. The summed E-state index contributed by atoms with van der Waals surface area (Å²) in [5.41, 5.74) is 2.90. The minimum atomic E-state index is 0.227. The highest BCUT2D eigenvalue weighted by Crippen LogP contribution is 2.32. The van der Waals surface area contributed by atoms with Crippen molar-refractivity contribution in [2.45, 2.75) is 19.3 Å². The van der Waals surface area contributed by atoms with Crippen LogP contribution in [0.5, 0.6) is 5.75 Å². The highest BCUT2D eigenvalue weighted by molar-refractivity contribution is 6.02. The quantitative estimate of drug-likeness (QED) is 0.505. The lowest BCUT2D eigenvalue weighted by atomic mass is 9.92. The van der Waals surface area contributed by atoms with Crippen molar-refractivity contribution in [3.05, 3.63) is 35.9 Å². The smallest absolute Gasteiger partial charge is 0.188 e. The standard InChI is InChI=1S/C14H17NO3/c1-17-10-18-14-8-3-2-7-13(14)11-5-4-6-12(9-11)15-16/h2-3,7-9,16H,4-6,10H2,1H3. The largest absolute Gasteiger partial charge is 0.467 e. The van der Waals surface area contributed by atoms with Crippen LogP contribution < -0.4 is 4.74 Å². The van der Waals surface area contributed by atoms with Gasteiger partial charge < -0.3 is 14.7 Å². The summed E-state index contributed by atoms with van der Waals surface area (Å²) in [6, 6.07) is 7.83. The van der Waals surface area contributed by atoms with Crippen molar-refractivity contribution in [2.24, 2.45) is 5.16 Å². The first kappa shape index (κ1) is 12.6. The molecule has 96 valence electrons. The molecule has 2 rings (SSSR count). The third-order valence-electron chi connectivity index (χ3n) is 2.91. The van der Waals surface area contributed by atoms with E-state index in [1.165, 1.54) is 0 Å². The number of nitrogens with zero attached hydrogens (tertiary/aromatic N) is 1. The molecule has 0 bridgehead atoms. The van der Waals surface area contributed by atoms with Crippen molar-refractivity contribution in [3.8, 4) is 5.75 Å². The molecule has 0 aromatic heterocycles. The van der Waals surface area contributed by atoms with Crippen molar-refractivity contribution in [2.75, 3.05) is 13.9 Å². The van der Waals surface area contributed by atoms with Crippen molar-refractivity contribution in [1.29, 1.82) is 0 Å². The van der Waals surface area contributed by atoms with Crippen LogP contribution in [-0.2, 0) is 4.74 Å². The fraction of sp³-hybridized carbons (Fsp3) is 0.357. The third-order valence-corrected chi connectivity index (χ3v) is 2.91. The van der Waals surface area contributed by atoms with Crippen LogP contribution in [0.3, 0.4) is 0 Å². The predicted octanol–water partition coefficient (Wildman–Crippen LogP) is 3.07. The van der Waals surface area contributed by atoms with E-state index in [1.807, 2.05) is 30.3 Å². The van der Waals surface area contributed by atoms with Gasteiger partial charge in [-0.2, -0.15) is 0 Å². The van der Waals surface area contributed by atoms with Crippen LogP contribution in [-0.4, -0.2) is 24.8 Å². The minimum absolute atomic E-state index is 0.227. The lowest BCUT2D eigenvalue weighted by Gasteiger charge is -2.17. The number of methoxy groups -OCH3 is 1. The zero-order valence-corrected chi connectivity index (χ0v) is 10.4. The number of hydrogen-bond acceptors (Lipinski definition) is 4. The van der Waals surface area contributed by atoms with E-state index in [9.17, 15) is 0 Å². The molecule has 4 nitrogen and oxygen atoms in total. The first-order valence-electron chi connectivity index (χ1n) is 5.98. The number of para-hydroxylation sites is 1. The molecule has 0 saturated carbocycles. The fourth-order valence-electron chi connectivity index (χ4n) is 2.08. The summed E-state index contributed by atoms with van der Waals surface area (Å²) in [4.78, 5) is 0. The Kier molecular flexibility index (Phi) is 4.36. The molecule has 0 amide bonds. The number of rotatable bonds is 4. The molecule has 0 atom stereocenters. The van der Waals surface area contributed by atoms with Crippen molar-refractivity contribution >= 4 is 11.3 Å². The molecular formula is C14H17NO3. The SMILES string of the molecule is COCOc1ccccc1C1=CC(=NO)CCC1. The number of allylic oxidation sites excluding steroid dienone is 2. The van der Waals surface area contributed by atoms with Gasteiger partial charge in [-0.3, -0.25) is 0 Å². The molecule has 0 spiro atoms. The molecule has 1 aliphatic rings. The Labute approximate surface area is 107 Å². The van der Waals surface area contributed by atoms with Gasteiger partial charge in [0.1, 0.15) is 5.75 Å². The highest BCUT2D eigenvalue weighted by Gasteiger charge is 2.14. The molecule has 18 heavy (non-hydrogen) atoms. The van der Waals surface area contributed by atoms with Crippen LogP contribution in [0.1, 0.15) is 24.8 Å². The Morgan fingerprint density at radius 1 is 1.28 bits per heavy atom. The van der Waals surface area contributed by atoms with Gasteiger partial charge in [0, 0.05) is 12.7 Å². The average molecular weight is 247 g/mol. The number of oxime groups is 1. The molecule has 1 aromatic rings. The van der Waals surface area contributed by atoms with Crippen molar-refractivity contribution < 1.29 is 14.7 Å². The van der Waals surface area contributed by atoms with E-state index in [1.54, 1.807) is 7.11 Å². The van der Waals surface area contributed by atoms with Gasteiger partial charge in [0.25, 0.3) is 0 Å². The molecule has 0 heterocycles. The Bertz CT molecular complexity index is 466. The summed E-state index contributed by atoms with van der Waals surface area (Å²) >= 11 is 0. The monoisotopic (exact) mass is 247 g/mol. The molecular weight excluding hydrogens is 230 g/mol. The van der Waals surface area contributed by atoms with Gasteiger partial charge >= 0.3 is 0 Å². The number of ether oxygens (including phenoxy) is 2. The zero-order valence-electron chi connectivity index (χ0n) is 10.4. The van der Waals surface area contributed by atoms with Gasteiger partial charge in [-0.15, -0.1) is 0 Å². The average Bonchev–Trinajstić information content (AvgIpc) is 2.45. The van der Waals surface area contributed by atoms with Crippen LogP contribution in [0.4, 0.5) is 0 Å². The van der Waals surface area contributed by atoms with Gasteiger partial charge in [-0.05, 0) is 37.0 Å². The molecule has 0 unspecified atom stereocenters. The summed E-state index contributed by atoms with van der Waals surface area (Å²) in [5.74, 6) is 0.796. The van der Waals surface area contributed by atoms with E-state index in [0.29, 0.717) is 0 Å². The molecule has 1 aliphatic carbocycles. The molecule has 1 N–H and O–H groups in total. The Morgan fingerprint density at radius 3 is 2.89 bits per heavy atom. The number of benzene rings is 1. The third kappa shape index (κ3) is 2.90. The predicted molar refractivity (Wildman–Crippen MR) is 70.0 cm³/mol.